The van der Waals surface area contributed by atoms with Crippen molar-refractivity contribution < 1.29 is 27.8 Å². The summed E-state index contributed by atoms with van der Waals surface area (Å²) in [4.78, 5) is 39.1. The molecule has 14 nitrogen and oxygen atoms in total. The van der Waals surface area contributed by atoms with Gasteiger partial charge in [0.1, 0.15) is 11.1 Å². The average molecular weight is 506 g/mol. The van der Waals surface area contributed by atoms with Crippen LogP contribution in [0.1, 0.15) is 52.4 Å². The predicted octanol–water partition coefficient (Wildman–Crippen LogP) is -0.853. The van der Waals surface area contributed by atoms with Gasteiger partial charge in [-0.2, -0.15) is 0 Å². The molecule has 0 aromatic heterocycles. The van der Waals surface area contributed by atoms with Crippen molar-refractivity contribution in [2.24, 2.45) is 10.8 Å². The zero-order valence-electron chi connectivity index (χ0n) is 19.6. The lowest BCUT2D eigenvalue weighted by Gasteiger charge is -2.41. The summed E-state index contributed by atoms with van der Waals surface area (Å²) in [5.74, 6) is -1.24. The molecule has 0 aliphatic carbocycles. The summed E-state index contributed by atoms with van der Waals surface area (Å²) in [7, 11) is -3.58. The maximum atomic E-state index is 12.8. The van der Waals surface area contributed by atoms with Crippen molar-refractivity contribution in [3.63, 3.8) is 0 Å². The van der Waals surface area contributed by atoms with E-state index in [9.17, 15) is 28.1 Å². The van der Waals surface area contributed by atoms with Gasteiger partial charge >= 0.3 is 0 Å². The van der Waals surface area contributed by atoms with Gasteiger partial charge in [-0.05, 0) is 39.0 Å². The van der Waals surface area contributed by atoms with Crippen molar-refractivity contribution in [2.45, 2.75) is 70.7 Å². The van der Waals surface area contributed by atoms with Crippen molar-refractivity contribution in [1.82, 2.24) is 19.8 Å². The van der Waals surface area contributed by atoms with Crippen molar-refractivity contribution in [3.8, 4) is 0 Å². The van der Waals surface area contributed by atoms with Crippen LogP contribution in [0.5, 0.6) is 0 Å². The second-order valence-corrected chi connectivity index (χ2v) is 10.2. The van der Waals surface area contributed by atoms with Gasteiger partial charge in [0.2, 0.25) is 21.8 Å². The van der Waals surface area contributed by atoms with E-state index in [1.807, 2.05) is 6.92 Å². The van der Waals surface area contributed by atoms with Crippen molar-refractivity contribution in [1.29, 1.82) is 0 Å². The minimum absolute atomic E-state index is 0.0480. The summed E-state index contributed by atoms with van der Waals surface area (Å²) in [5.41, 5.74) is 5.76. The number of ether oxygens (including phenoxy) is 1. The fraction of sp³-hybridized carbons (Fsp3) is 0.842. The lowest BCUT2D eigenvalue weighted by atomic mass is 10.0. The number of piperidine rings is 2. The number of hydrogen-bond acceptors (Lipinski definition) is 7. The molecule has 15 heteroatoms. The number of unbranched alkanes of at least 4 members (excludes halogenated alkanes) is 1. The van der Waals surface area contributed by atoms with Gasteiger partial charge in [-0.25, -0.2) is 23.3 Å². The van der Waals surface area contributed by atoms with E-state index in [0.29, 0.717) is 45.2 Å². The van der Waals surface area contributed by atoms with Gasteiger partial charge < -0.3 is 25.6 Å². The molecule has 4 N–H and O–H groups in total. The molecule has 194 valence electrons. The number of sulfonamides is 1. The fourth-order valence-electron chi connectivity index (χ4n) is 4.12. The fourth-order valence-corrected chi connectivity index (χ4v) is 5.56. The normalized spacial score (nSPS) is 24.2. The highest BCUT2D eigenvalue weighted by Crippen LogP contribution is 2.19. The van der Waals surface area contributed by atoms with Crippen LogP contribution in [0.2, 0.25) is 0 Å². The van der Waals surface area contributed by atoms with Gasteiger partial charge in [0.25, 0.3) is 5.96 Å². The molecular weight excluding hydrogens is 470 g/mol. The largest absolute Gasteiger partial charge is 0.364 e. The first-order chi connectivity index (χ1) is 16.1. The molecule has 0 radical (unpaired) electrons. The number of carbonyl (C=O) groups excluding carboxylic acids is 2. The van der Waals surface area contributed by atoms with Crippen LogP contribution in [0.25, 0.3) is 0 Å². The van der Waals surface area contributed by atoms with Crippen LogP contribution >= 0.6 is 0 Å². The molecule has 2 fully saturated rings. The SMILES string of the molecule is CCCCS(=O)(=O)N[C@H]1CCCN(CC(=O)N[C@H]2CCCN(/C(N)=N/[N+](=O)[O-])C2OCC)C1=O. The second-order valence-electron chi connectivity index (χ2n) is 8.30. The number of nitrogens with one attached hydrogen (secondary N) is 2. The highest BCUT2D eigenvalue weighted by molar-refractivity contribution is 7.89. The van der Waals surface area contributed by atoms with E-state index >= 15 is 0 Å². The van der Waals surface area contributed by atoms with E-state index in [4.69, 9.17) is 10.5 Å². The van der Waals surface area contributed by atoms with E-state index in [0.717, 1.165) is 6.42 Å². The molecule has 3 atom stereocenters. The molecule has 2 rings (SSSR count). The monoisotopic (exact) mass is 505 g/mol. The van der Waals surface area contributed by atoms with Gasteiger partial charge in [-0.15, -0.1) is 0 Å². The number of likely N-dealkylation sites (tertiary alicyclic amines) is 2. The third kappa shape index (κ3) is 8.06. The number of nitro groups is 1. The third-order valence-corrected chi connectivity index (χ3v) is 7.15. The first-order valence-corrected chi connectivity index (χ1v) is 13.2. The molecule has 0 aromatic carbocycles. The quantitative estimate of drug-likeness (QED) is 0.139. The van der Waals surface area contributed by atoms with Gasteiger partial charge in [-0.1, -0.05) is 13.3 Å². The number of guanidine groups is 1. The minimum Gasteiger partial charge on any atom is -0.364 e. The molecule has 2 amide bonds. The predicted molar refractivity (Wildman–Crippen MR) is 123 cm³/mol. The minimum atomic E-state index is -3.58. The van der Waals surface area contributed by atoms with E-state index in [2.05, 4.69) is 15.1 Å². The third-order valence-electron chi connectivity index (χ3n) is 5.68. The number of nitrogens with two attached hydrogens (primary N) is 1. The summed E-state index contributed by atoms with van der Waals surface area (Å²) in [6.07, 6.45) is 2.55. The number of carbonyl (C=O) groups is 2. The van der Waals surface area contributed by atoms with Gasteiger partial charge in [0.05, 0.1) is 18.3 Å². The Bertz CT molecular complexity index is 867. The highest BCUT2D eigenvalue weighted by Gasteiger charge is 2.37. The molecule has 0 aromatic rings. The van der Waals surface area contributed by atoms with Crippen molar-refractivity contribution in [3.05, 3.63) is 10.1 Å². The Labute approximate surface area is 199 Å². The molecule has 2 aliphatic heterocycles. The Hall–Kier alpha value is -2.52. The second kappa shape index (κ2) is 12.8. The number of rotatable bonds is 11. The van der Waals surface area contributed by atoms with Gasteiger partial charge in [0.15, 0.2) is 11.3 Å². The van der Waals surface area contributed by atoms with Crippen LogP contribution in [-0.2, 0) is 24.3 Å². The van der Waals surface area contributed by atoms with Gasteiger partial charge in [-0.3, -0.25) is 9.59 Å². The number of hydrazone groups is 1. The molecule has 2 heterocycles. The Balaban J connectivity index is 2.01. The molecule has 2 saturated heterocycles. The van der Waals surface area contributed by atoms with Crippen LogP contribution in [-0.4, -0.2) is 91.3 Å². The standard InChI is InChI=1S/C19H35N7O7S/c1-3-5-12-34(31,32)23-14-8-6-10-24(17(14)28)13-16(27)21-15-9-7-11-25(18(15)33-4-2)19(20)22-26(29)30/h14-15,18,23H,3-13H2,1-2H3,(H2,20,22)(H,21,27)/t14-,15-,18?/m0/s1. The molecular formula is C19H35N7O7S. The molecule has 2 aliphatic rings. The van der Waals surface area contributed by atoms with E-state index in [-0.39, 0.29) is 24.9 Å². The Morgan fingerprint density at radius 2 is 2.00 bits per heavy atom. The topological polar surface area (TPSA) is 190 Å². The number of nitrogens with zero attached hydrogens (tertiary/aromatic N) is 4. The summed E-state index contributed by atoms with van der Waals surface area (Å²) < 4.78 is 32.6. The first kappa shape index (κ1) is 27.7. The van der Waals surface area contributed by atoms with Crippen LogP contribution in [0.3, 0.4) is 0 Å². The molecule has 0 bridgehead atoms. The van der Waals surface area contributed by atoms with Crippen molar-refractivity contribution >= 4 is 27.8 Å². The van der Waals surface area contributed by atoms with E-state index < -0.39 is 45.2 Å². The summed E-state index contributed by atoms with van der Waals surface area (Å²) in [6, 6.07) is -1.41. The van der Waals surface area contributed by atoms with Crippen molar-refractivity contribution in [2.75, 3.05) is 32.0 Å². The summed E-state index contributed by atoms with van der Waals surface area (Å²) in [5, 5.41) is 15.8. The Morgan fingerprint density at radius 3 is 2.65 bits per heavy atom. The summed E-state index contributed by atoms with van der Waals surface area (Å²) >= 11 is 0. The number of hydrogen-bond donors (Lipinski definition) is 3. The molecule has 34 heavy (non-hydrogen) atoms. The molecule has 1 unspecified atom stereocenters. The zero-order valence-corrected chi connectivity index (χ0v) is 20.5. The average Bonchev–Trinajstić information content (AvgIpc) is 2.75. The van der Waals surface area contributed by atoms with E-state index in [1.54, 1.807) is 6.92 Å². The van der Waals surface area contributed by atoms with Crippen LogP contribution < -0.4 is 15.8 Å². The van der Waals surface area contributed by atoms with E-state index in [1.165, 1.54) is 9.80 Å². The maximum absolute atomic E-state index is 12.8. The number of amides is 2. The summed E-state index contributed by atoms with van der Waals surface area (Å²) in [6.45, 7) is 4.40. The Morgan fingerprint density at radius 1 is 1.29 bits per heavy atom. The Kier molecular flexibility index (Phi) is 10.4. The maximum Gasteiger partial charge on any atom is 0.270 e. The lowest BCUT2D eigenvalue weighted by molar-refractivity contribution is -0.486. The smallest absolute Gasteiger partial charge is 0.270 e. The lowest BCUT2D eigenvalue weighted by Crippen LogP contribution is -2.61. The highest BCUT2D eigenvalue weighted by atomic mass is 32.2. The van der Waals surface area contributed by atoms with Crippen LogP contribution in [0.4, 0.5) is 0 Å². The zero-order chi connectivity index (χ0) is 25.3. The van der Waals surface area contributed by atoms with Gasteiger partial charge in [0, 0.05) is 19.7 Å². The van der Waals surface area contributed by atoms with Crippen LogP contribution in [0.15, 0.2) is 5.10 Å². The first-order valence-electron chi connectivity index (χ1n) is 11.5. The molecule has 0 spiro atoms. The van der Waals surface area contributed by atoms with Crippen LogP contribution in [0, 0.1) is 10.1 Å². The molecule has 0 saturated carbocycles.